The zero-order valence-electron chi connectivity index (χ0n) is 26.8. The first-order chi connectivity index (χ1) is 23.2. The van der Waals surface area contributed by atoms with Crippen molar-refractivity contribution in [3.05, 3.63) is 168 Å². The number of para-hydroxylation sites is 1. The summed E-state index contributed by atoms with van der Waals surface area (Å²) >= 11 is 0. The van der Waals surface area contributed by atoms with E-state index >= 15 is 0 Å². The molecule has 2 unspecified atom stereocenters. The Kier molecular flexibility index (Phi) is 6.57. The topological polar surface area (TPSA) is 17.3 Å². The van der Waals surface area contributed by atoms with E-state index < -0.39 is 0 Å². The van der Waals surface area contributed by atoms with E-state index in [1.807, 2.05) is 0 Å². The first-order valence-corrected chi connectivity index (χ1v) is 16.8. The van der Waals surface area contributed by atoms with Gasteiger partial charge in [-0.3, -0.25) is 9.56 Å². The van der Waals surface area contributed by atoms with E-state index in [9.17, 15) is 0 Å². The monoisotopic (exact) mass is 604 g/mol. The molecule has 0 spiro atoms. The van der Waals surface area contributed by atoms with Crippen molar-refractivity contribution >= 4 is 49.6 Å². The van der Waals surface area contributed by atoms with Crippen molar-refractivity contribution in [1.82, 2.24) is 4.57 Å². The van der Waals surface area contributed by atoms with Crippen LogP contribution in [-0.2, 0) is 0 Å². The van der Waals surface area contributed by atoms with E-state index in [0.29, 0.717) is 0 Å². The van der Waals surface area contributed by atoms with Crippen molar-refractivity contribution in [2.24, 2.45) is 10.9 Å². The predicted molar refractivity (Wildman–Crippen MR) is 201 cm³/mol. The molecule has 1 aromatic heterocycles. The van der Waals surface area contributed by atoms with Crippen molar-refractivity contribution in [2.45, 2.75) is 32.7 Å². The van der Waals surface area contributed by atoms with Gasteiger partial charge in [-0.2, -0.15) is 0 Å². The summed E-state index contributed by atoms with van der Waals surface area (Å²) in [7, 11) is 0. The normalized spacial score (nSPS) is 19.0. The predicted octanol–water partition coefficient (Wildman–Crippen LogP) is 11.5. The number of aliphatic imine (C=N–C) groups is 1. The van der Waals surface area contributed by atoms with Gasteiger partial charge in [0.05, 0.1) is 17.1 Å². The van der Waals surface area contributed by atoms with Crippen LogP contribution in [0, 0.1) is 12.8 Å². The highest BCUT2D eigenvalue weighted by Crippen LogP contribution is 2.43. The first-order valence-electron chi connectivity index (χ1n) is 16.8. The molecule has 47 heavy (non-hydrogen) atoms. The molecule has 1 aliphatic heterocycles. The zero-order valence-corrected chi connectivity index (χ0v) is 26.8. The fourth-order valence-electron chi connectivity index (χ4n) is 8.15. The van der Waals surface area contributed by atoms with Gasteiger partial charge in [-0.15, -0.1) is 0 Å². The number of aromatic nitrogens is 1. The average Bonchev–Trinajstić information content (AvgIpc) is 3.47. The Bertz CT molecular complexity index is 2430. The number of aryl methyl sites for hydroxylation is 1. The number of dihydropyridines is 1. The highest BCUT2D eigenvalue weighted by Gasteiger charge is 2.30. The molecule has 226 valence electrons. The fraction of sp³-hybridized carbons (Fsp3) is 0.133. The Morgan fingerprint density at radius 2 is 1.40 bits per heavy atom. The second-order valence-corrected chi connectivity index (χ2v) is 13.0. The summed E-state index contributed by atoms with van der Waals surface area (Å²) in [6.45, 7) is 4.55. The molecule has 0 N–H and O–H groups in total. The van der Waals surface area contributed by atoms with Crippen LogP contribution in [0.4, 0.5) is 0 Å². The lowest BCUT2D eigenvalue weighted by Crippen LogP contribution is -2.27. The minimum Gasteiger partial charge on any atom is -0.294 e. The van der Waals surface area contributed by atoms with Crippen LogP contribution in [0.5, 0.6) is 0 Å². The molecule has 0 radical (unpaired) electrons. The minimum atomic E-state index is 0.0312. The number of hydrogen-bond acceptors (Lipinski definition) is 1. The van der Waals surface area contributed by atoms with Gasteiger partial charge in [0.1, 0.15) is 5.84 Å². The molecule has 0 bridgehead atoms. The third-order valence-electron chi connectivity index (χ3n) is 10.4. The molecule has 2 atom stereocenters. The molecular weight excluding hydrogens is 569 g/mol. The van der Waals surface area contributed by atoms with E-state index in [4.69, 9.17) is 4.99 Å². The van der Waals surface area contributed by atoms with Crippen molar-refractivity contribution in [1.29, 1.82) is 0 Å². The molecule has 0 saturated heterocycles. The maximum atomic E-state index is 5.50. The number of nitrogens with zero attached hydrogens (tertiary/aromatic N) is 2. The summed E-state index contributed by atoms with van der Waals surface area (Å²) in [4.78, 5) is 5.50. The fourth-order valence-corrected chi connectivity index (χ4v) is 8.15. The first kappa shape index (κ1) is 27.8. The average molecular weight is 605 g/mol. The van der Waals surface area contributed by atoms with Gasteiger partial charge in [0, 0.05) is 16.7 Å². The summed E-state index contributed by atoms with van der Waals surface area (Å²) in [6.07, 6.45) is 18.0. The Labute approximate surface area is 276 Å². The SMILES string of the molecule is CC1=C(c2ccccc2-c2ccc3c4ccccc4n(C4=NC5C=CC=CC5C(c5cccc6ccccc56)=C4)c3c2C)CCC=C1. The van der Waals surface area contributed by atoms with Crippen molar-refractivity contribution in [3.63, 3.8) is 0 Å². The maximum absolute atomic E-state index is 5.50. The van der Waals surface area contributed by atoms with E-state index in [1.54, 1.807) is 0 Å². The number of benzene rings is 5. The number of allylic oxidation sites excluding steroid dienone is 7. The molecular formula is C45H36N2. The highest BCUT2D eigenvalue weighted by molar-refractivity contribution is 6.20. The van der Waals surface area contributed by atoms with Crippen molar-refractivity contribution < 1.29 is 0 Å². The third-order valence-corrected chi connectivity index (χ3v) is 10.4. The Morgan fingerprint density at radius 3 is 2.30 bits per heavy atom. The van der Waals surface area contributed by atoms with Crippen LogP contribution in [0.25, 0.3) is 54.9 Å². The second kappa shape index (κ2) is 11.1. The van der Waals surface area contributed by atoms with Crippen LogP contribution in [0.3, 0.4) is 0 Å². The number of hydrogen-bond donors (Lipinski definition) is 0. The molecule has 2 aliphatic carbocycles. The van der Waals surface area contributed by atoms with E-state index in [0.717, 1.165) is 18.7 Å². The van der Waals surface area contributed by atoms with Gasteiger partial charge in [0.2, 0.25) is 0 Å². The summed E-state index contributed by atoms with van der Waals surface area (Å²) in [6, 6.07) is 37.9. The lowest BCUT2D eigenvalue weighted by Gasteiger charge is -2.30. The maximum Gasteiger partial charge on any atom is 0.133 e. The van der Waals surface area contributed by atoms with E-state index in [2.05, 4.69) is 164 Å². The largest absolute Gasteiger partial charge is 0.294 e. The quantitative estimate of drug-likeness (QED) is 0.191. The van der Waals surface area contributed by atoms with Crippen LogP contribution in [0.2, 0.25) is 0 Å². The lowest BCUT2D eigenvalue weighted by molar-refractivity contribution is 0.692. The van der Waals surface area contributed by atoms with Crippen LogP contribution in [0.1, 0.15) is 36.5 Å². The van der Waals surface area contributed by atoms with E-state index in [1.165, 1.54) is 77.1 Å². The van der Waals surface area contributed by atoms with Gasteiger partial charge in [-0.25, -0.2) is 0 Å². The van der Waals surface area contributed by atoms with Gasteiger partial charge in [-0.05, 0) is 94.1 Å². The summed E-state index contributed by atoms with van der Waals surface area (Å²) in [5.74, 6) is 1.18. The molecule has 6 aromatic rings. The summed E-state index contributed by atoms with van der Waals surface area (Å²) in [5, 5.41) is 5.06. The molecule has 3 aliphatic rings. The Morgan fingerprint density at radius 1 is 0.660 bits per heavy atom. The summed E-state index contributed by atoms with van der Waals surface area (Å²) in [5.41, 5.74) is 13.0. The molecule has 0 saturated carbocycles. The zero-order chi connectivity index (χ0) is 31.5. The Balaban J connectivity index is 1.31. The van der Waals surface area contributed by atoms with Crippen LogP contribution < -0.4 is 0 Å². The van der Waals surface area contributed by atoms with Gasteiger partial charge in [-0.1, -0.05) is 134 Å². The molecule has 2 heteroatoms. The smallest absolute Gasteiger partial charge is 0.133 e. The molecule has 2 nitrogen and oxygen atoms in total. The minimum absolute atomic E-state index is 0.0312. The van der Waals surface area contributed by atoms with Crippen LogP contribution in [0.15, 0.2) is 156 Å². The van der Waals surface area contributed by atoms with Crippen LogP contribution in [-0.4, -0.2) is 16.4 Å². The van der Waals surface area contributed by atoms with Crippen molar-refractivity contribution in [3.8, 4) is 11.1 Å². The highest BCUT2D eigenvalue weighted by atomic mass is 15.1. The van der Waals surface area contributed by atoms with Crippen LogP contribution >= 0.6 is 0 Å². The van der Waals surface area contributed by atoms with Gasteiger partial charge in [0.25, 0.3) is 0 Å². The number of rotatable bonds is 3. The third kappa shape index (κ3) is 4.43. The van der Waals surface area contributed by atoms with Crippen molar-refractivity contribution in [2.75, 3.05) is 0 Å². The molecule has 0 fully saturated rings. The molecule has 2 heterocycles. The van der Waals surface area contributed by atoms with E-state index in [-0.39, 0.29) is 12.0 Å². The van der Waals surface area contributed by atoms with Gasteiger partial charge < -0.3 is 0 Å². The summed E-state index contributed by atoms with van der Waals surface area (Å²) < 4.78 is 2.44. The second-order valence-electron chi connectivity index (χ2n) is 13.0. The number of fused-ring (bicyclic) bond motifs is 5. The van der Waals surface area contributed by atoms with Gasteiger partial charge in [0.15, 0.2) is 0 Å². The molecule has 5 aromatic carbocycles. The standard InChI is InChI=1S/C45H36N2/c1-29-14-3-5-17-32(29)35-19-7-8-20-36(35)33-26-27-40-39-22-10-12-25-43(39)47(45(40)30(33)2)44-28-41(38-21-9-11-24-42(38)46-44)37-23-13-16-31-15-4-6-18-34(31)37/h3-4,6-16,18-28,38,42H,5,17H2,1-2H3. The Hall–Kier alpha value is -5.47. The molecule has 9 rings (SSSR count). The molecule has 0 amide bonds. The van der Waals surface area contributed by atoms with Gasteiger partial charge >= 0.3 is 0 Å². The lowest BCUT2D eigenvalue weighted by atomic mass is 9.81.